The average Bonchev–Trinajstić information content (AvgIpc) is 2.25. The summed E-state index contributed by atoms with van der Waals surface area (Å²) in [6.07, 6.45) is 4.92. The third-order valence-corrected chi connectivity index (χ3v) is 3.06. The molecule has 0 aromatic carbocycles. The van der Waals surface area contributed by atoms with E-state index in [1.54, 1.807) is 7.11 Å². The lowest BCUT2D eigenvalue weighted by Gasteiger charge is -2.29. The maximum atomic E-state index is 9.18. The summed E-state index contributed by atoms with van der Waals surface area (Å²) < 4.78 is 10.4. The maximum Gasteiger partial charge on any atom is 0.0700 e. The molecule has 3 heteroatoms. The van der Waals surface area contributed by atoms with Gasteiger partial charge in [-0.2, -0.15) is 0 Å². The molecule has 1 saturated carbocycles. The van der Waals surface area contributed by atoms with Crippen LogP contribution in [-0.2, 0) is 9.47 Å². The predicted molar refractivity (Wildman–Crippen MR) is 55.2 cm³/mol. The van der Waals surface area contributed by atoms with Crippen LogP contribution in [0.3, 0.4) is 0 Å². The molecule has 1 rings (SSSR count). The lowest BCUT2D eigenvalue weighted by molar-refractivity contribution is 0.0162. The van der Waals surface area contributed by atoms with Crippen molar-refractivity contribution in [2.75, 3.05) is 33.5 Å². The lowest BCUT2D eigenvalue weighted by atomic mass is 9.80. The Morgan fingerprint density at radius 2 is 1.86 bits per heavy atom. The zero-order chi connectivity index (χ0) is 10.2. The van der Waals surface area contributed by atoms with Crippen molar-refractivity contribution in [1.29, 1.82) is 0 Å². The molecule has 2 atom stereocenters. The summed E-state index contributed by atoms with van der Waals surface area (Å²) >= 11 is 0. The van der Waals surface area contributed by atoms with Crippen molar-refractivity contribution < 1.29 is 14.6 Å². The molecule has 1 aliphatic rings. The topological polar surface area (TPSA) is 38.7 Å². The van der Waals surface area contributed by atoms with Gasteiger partial charge in [-0.25, -0.2) is 0 Å². The summed E-state index contributed by atoms with van der Waals surface area (Å²) in [7, 11) is 1.68. The van der Waals surface area contributed by atoms with E-state index in [2.05, 4.69) is 0 Å². The fourth-order valence-electron chi connectivity index (χ4n) is 2.12. The van der Waals surface area contributed by atoms with E-state index >= 15 is 0 Å². The standard InChI is InChI=1S/C11H22O3/c1-13-6-7-14-9-11-5-3-2-4-10(11)8-12/h10-12H,2-9H2,1H3/t10-,11+/m0/s1. The highest BCUT2D eigenvalue weighted by Gasteiger charge is 2.24. The van der Waals surface area contributed by atoms with Crippen LogP contribution in [0.4, 0.5) is 0 Å². The normalized spacial score (nSPS) is 27.9. The molecule has 0 amide bonds. The molecule has 84 valence electrons. The first-order chi connectivity index (χ1) is 6.88. The number of hydrogen-bond donors (Lipinski definition) is 1. The van der Waals surface area contributed by atoms with Crippen molar-refractivity contribution in [3.05, 3.63) is 0 Å². The maximum absolute atomic E-state index is 9.18. The molecule has 3 nitrogen and oxygen atoms in total. The van der Waals surface area contributed by atoms with Crippen molar-refractivity contribution in [1.82, 2.24) is 0 Å². The first kappa shape index (κ1) is 12.0. The van der Waals surface area contributed by atoms with Gasteiger partial charge in [0.05, 0.1) is 13.2 Å². The van der Waals surface area contributed by atoms with Crippen LogP contribution in [0.25, 0.3) is 0 Å². The van der Waals surface area contributed by atoms with Crippen molar-refractivity contribution in [3.8, 4) is 0 Å². The Morgan fingerprint density at radius 1 is 1.14 bits per heavy atom. The van der Waals surface area contributed by atoms with Crippen molar-refractivity contribution >= 4 is 0 Å². The van der Waals surface area contributed by atoms with Crippen molar-refractivity contribution in [2.24, 2.45) is 11.8 Å². The van der Waals surface area contributed by atoms with Gasteiger partial charge in [0.2, 0.25) is 0 Å². The van der Waals surface area contributed by atoms with E-state index in [1.807, 2.05) is 0 Å². The minimum Gasteiger partial charge on any atom is -0.396 e. The summed E-state index contributed by atoms with van der Waals surface area (Å²) in [5.41, 5.74) is 0. The first-order valence-corrected chi connectivity index (χ1v) is 5.56. The fourth-order valence-corrected chi connectivity index (χ4v) is 2.12. The molecule has 0 aromatic heterocycles. The molecule has 0 radical (unpaired) electrons. The van der Waals surface area contributed by atoms with Gasteiger partial charge in [0.15, 0.2) is 0 Å². The van der Waals surface area contributed by atoms with Gasteiger partial charge in [-0.1, -0.05) is 12.8 Å². The van der Waals surface area contributed by atoms with E-state index < -0.39 is 0 Å². The zero-order valence-electron chi connectivity index (χ0n) is 9.08. The van der Waals surface area contributed by atoms with E-state index in [0.29, 0.717) is 31.7 Å². The van der Waals surface area contributed by atoms with Crippen LogP contribution in [0, 0.1) is 11.8 Å². The largest absolute Gasteiger partial charge is 0.396 e. The second-order valence-electron chi connectivity index (χ2n) is 4.05. The van der Waals surface area contributed by atoms with Gasteiger partial charge in [0, 0.05) is 20.3 Å². The number of rotatable bonds is 6. The van der Waals surface area contributed by atoms with Crippen LogP contribution in [0.1, 0.15) is 25.7 Å². The van der Waals surface area contributed by atoms with E-state index in [4.69, 9.17) is 9.47 Å². The van der Waals surface area contributed by atoms with Crippen molar-refractivity contribution in [2.45, 2.75) is 25.7 Å². The minimum atomic E-state index is 0.318. The number of hydrogen-bond acceptors (Lipinski definition) is 3. The highest BCUT2D eigenvalue weighted by atomic mass is 16.5. The molecule has 0 saturated heterocycles. The molecule has 1 aliphatic carbocycles. The summed E-state index contributed by atoms with van der Waals surface area (Å²) in [5, 5.41) is 9.18. The number of aliphatic hydroxyl groups excluding tert-OH is 1. The van der Waals surface area contributed by atoms with Crippen LogP contribution < -0.4 is 0 Å². The smallest absolute Gasteiger partial charge is 0.0700 e. The second kappa shape index (κ2) is 7.21. The SMILES string of the molecule is COCCOC[C@H]1CCCC[C@H]1CO. The third-order valence-electron chi connectivity index (χ3n) is 3.06. The highest BCUT2D eigenvalue weighted by Crippen LogP contribution is 2.29. The van der Waals surface area contributed by atoms with Gasteiger partial charge >= 0.3 is 0 Å². The Bertz CT molecular complexity index is 138. The molecule has 0 aliphatic heterocycles. The lowest BCUT2D eigenvalue weighted by Crippen LogP contribution is -2.27. The molecule has 0 aromatic rings. The molecule has 0 bridgehead atoms. The Balaban J connectivity index is 2.13. The Hall–Kier alpha value is -0.120. The fraction of sp³-hybridized carbons (Fsp3) is 1.00. The Labute approximate surface area is 86.4 Å². The third kappa shape index (κ3) is 3.95. The summed E-state index contributed by atoms with van der Waals surface area (Å²) in [6.45, 7) is 2.44. The molecule has 0 heterocycles. The van der Waals surface area contributed by atoms with Crippen LogP contribution in [0.15, 0.2) is 0 Å². The summed E-state index contributed by atoms with van der Waals surface area (Å²) in [5.74, 6) is 1.02. The van der Waals surface area contributed by atoms with Gasteiger partial charge in [0.1, 0.15) is 0 Å². The molecule has 0 spiro atoms. The Morgan fingerprint density at radius 3 is 2.50 bits per heavy atom. The quantitative estimate of drug-likeness (QED) is 0.662. The second-order valence-corrected chi connectivity index (χ2v) is 4.05. The highest BCUT2D eigenvalue weighted by molar-refractivity contribution is 4.74. The van der Waals surface area contributed by atoms with Crippen LogP contribution in [0.2, 0.25) is 0 Å². The van der Waals surface area contributed by atoms with Crippen LogP contribution in [0.5, 0.6) is 0 Å². The number of ether oxygens (including phenoxy) is 2. The zero-order valence-corrected chi connectivity index (χ0v) is 9.08. The van der Waals surface area contributed by atoms with E-state index in [0.717, 1.165) is 13.0 Å². The van der Waals surface area contributed by atoms with Gasteiger partial charge in [-0.3, -0.25) is 0 Å². The summed E-state index contributed by atoms with van der Waals surface area (Å²) in [6, 6.07) is 0. The molecule has 1 fully saturated rings. The number of aliphatic hydroxyl groups is 1. The van der Waals surface area contributed by atoms with Gasteiger partial charge in [-0.05, 0) is 24.7 Å². The monoisotopic (exact) mass is 202 g/mol. The molecular formula is C11H22O3. The predicted octanol–water partition coefficient (Wildman–Crippen LogP) is 1.45. The average molecular weight is 202 g/mol. The first-order valence-electron chi connectivity index (χ1n) is 5.56. The Kier molecular flexibility index (Phi) is 6.15. The van der Waals surface area contributed by atoms with E-state index in [-0.39, 0.29) is 0 Å². The molecule has 1 N–H and O–H groups in total. The van der Waals surface area contributed by atoms with Crippen LogP contribution >= 0.6 is 0 Å². The van der Waals surface area contributed by atoms with E-state index in [9.17, 15) is 5.11 Å². The summed E-state index contributed by atoms with van der Waals surface area (Å²) in [4.78, 5) is 0. The minimum absolute atomic E-state index is 0.318. The number of methoxy groups -OCH3 is 1. The van der Waals surface area contributed by atoms with Gasteiger partial charge in [-0.15, -0.1) is 0 Å². The van der Waals surface area contributed by atoms with E-state index in [1.165, 1.54) is 19.3 Å². The van der Waals surface area contributed by atoms with Gasteiger partial charge < -0.3 is 14.6 Å². The van der Waals surface area contributed by atoms with Crippen LogP contribution in [-0.4, -0.2) is 38.6 Å². The van der Waals surface area contributed by atoms with Crippen molar-refractivity contribution in [3.63, 3.8) is 0 Å². The van der Waals surface area contributed by atoms with Gasteiger partial charge in [0.25, 0.3) is 0 Å². The molecule has 14 heavy (non-hydrogen) atoms. The molecule has 0 unspecified atom stereocenters. The molecular weight excluding hydrogens is 180 g/mol.